The maximum atomic E-state index is 13.3. The largest absolute Gasteiger partial charge is 0.368 e. The number of hydrogen-bond donors (Lipinski definition) is 2. The highest BCUT2D eigenvalue weighted by molar-refractivity contribution is 5.82. The molecule has 2 amide bonds. The smallest absolute Gasteiger partial charge is 0.252 e. The number of ether oxygens (including phenoxy) is 1. The highest BCUT2D eigenvalue weighted by atomic mass is 16.5. The number of piperazine rings is 1. The summed E-state index contributed by atoms with van der Waals surface area (Å²) < 4.78 is 5.72. The third kappa shape index (κ3) is 3.81. The van der Waals surface area contributed by atoms with Crippen LogP contribution in [0.4, 0.5) is 0 Å². The molecule has 0 aromatic rings. The van der Waals surface area contributed by atoms with Gasteiger partial charge in [-0.2, -0.15) is 0 Å². The van der Waals surface area contributed by atoms with Crippen LogP contribution in [0.1, 0.15) is 58.8 Å². The number of nitrogens with one attached hydrogen (secondary N) is 1. The molecular formula is C21H36N4O3. The fourth-order valence-corrected chi connectivity index (χ4v) is 6.14. The summed E-state index contributed by atoms with van der Waals surface area (Å²) in [7, 11) is 0. The van der Waals surface area contributed by atoms with Crippen molar-refractivity contribution < 1.29 is 14.3 Å². The first-order valence-electron chi connectivity index (χ1n) is 11.2. The molecule has 4 rings (SSSR count). The molecule has 0 spiro atoms. The number of amides is 2. The van der Waals surface area contributed by atoms with Gasteiger partial charge in [-0.15, -0.1) is 0 Å². The summed E-state index contributed by atoms with van der Waals surface area (Å²) in [6, 6.07) is 0.322. The molecule has 3 N–H and O–H groups in total. The zero-order valence-electron chi connectivity index (χ0n) is 17.3. The monoisotopic (exact) mass is 392 g/mol. The highest BCUT2D eigenvalue weighted by Gasteiger charge is 2.48. The van der Waals surface area contributed by atoms with E-state index in [-0.39, 0.29) is 42.2 Å². The number of hydrogen-bond acceptors (Lipinski definition) is 5. The zero-order valence-corrected chi connectivity index (χ0v) is 17.3. The lowest BCUT2D eigenvalue weighted by Gasteiger charge is -2.55. The van der Waals surface area contributed by atoms with Gasteiger partial charge in [-0.05, 0) is 70.3 Å². The SMILES string of the molecule is CC(=O)N1C2CCC(C3CCC(N)NC3)CC2N(C(=O)C2CCCO2)C[C@@H]1C. The summed E-state index contributed by atoms with van der Waals surface area (Å²) in [6.45, 7) is 6.02. The van der Waals surface area contributed by atoms with Crippen molar-refractivity contribution >= 4 is 11.8 Å². The lowest BCUT2D eigenvalue weighted by Crippen LogP contribution is -2.68. The van der Waals surface area contributed by atoms with Crippen molar-refractivity contribution in [1.29, 1.82) is 0 Å². The maximum absolute atomic E-state index is 13.3. The van der Waals surface area contributed by atoms with Crippen molar-refractivity contribution in [3.63, 3.8) is 0 Å². The van der Waals surface area contributed by atoms with Crippen LogP contribution in [0.2, 0.25) is 0 Å². The van der Waals surface area contributed by atoms with E-state index in [0.29, 0.717) is 25.0 Å². The number of carbonyl (C=O) groups excluding carboxylic acids is 2. The second-order valence-corrected chi connectivity index (χ2v) is 9.33. The zero-order chi connectivity index (χ0) is 19.8. The van der Waals surface area contributed by atoms with Crippen LogP contribution in [-0.4, -0.2) is 71.7 Å². The number of nitrogens with two attached hydrogens (primary N) is 1. The molecule has 7 nitrogen and oxygen atoms in total. The molecule has 3 heterocycles. The van der Waals surface area contributed by atoms with Crippen LogP contribution in [0.25, 0.3) is 0 Å². The van der Waals surface area contributed by atoms with Crippen molar-refractivity contribution in [2.75, 3.05) is 19.7 Å². The molecule has 28 heavy (non-hydrogen) atoms. The second-order valence-electron chi connectivity index (χ2n) is 9.33. The highest BCUT2D eigenvalue weighted by Crippen LogP contribution is 2.40. The molecule has 1 aliphatic carbocycles. The Morgan fingerprint density at radius 3 is 2.50 bits per heavy atom. The third-order valence-electron chi connectivity index (χ3n) is 7.52. The minimum atomic E-state index is -0.286. The van der Waals surface area contributed by atoms with Crippen molar-refractivity contribution in [1.82, 2.24) is 15.1 Å². The predicted octanol–water partition coefficient (Wildman–Crippen LogP) is 1.07. The van der Waals surface area contributed by atoms with Crippen LogP contribution in [0.3, 0.4) is 0 Å². The number of rotatable bonds is 2. The Labute approximate surface area is 168 Å². The summed E-state index contributed by atoms with van der Waals surface area (Å²) >= 11 is 0. The van der Waals surface area contributed by atoms with Crippen LogP contribution in [-0.2, 0) is 14.3 Å². The van der Waals surface area contributed by atoms with E-state index in [2.05, 4.69) is 22.0 Å². The molecule has 3 saturated heterocycles. The average Bonchev–Trinajstić information content (AvgIpc) is 3.21. The Morgan fingerprint density at radius 2 is 1.86 bits per heavy atom. The van der Waals surface area contributed by atoms with Crippen molar-refractivity contribution in [3.8, 4) is 0 Å². The Kier molecular flexibility index (Phi) is 5.95. The topological polar surface area (TPSA) is 87.9 Å². The molecule has 1 saturated carbocycles. The number of piperidine rings is 1. The maximum Gasteiger partial charge on any atom is 0.252 e. The van der Waals surface area contributed by atoms with Gasteiger partial charge in [0, 0.05) is 26.1 Å². The molecule has 4 aliphatic rings. The van der Waals surface area contributed by atoms with E-state index in [1.165, 1.54) is 0 Å². The summed E-state index contributed by atoms with van der Waals surface area (Å²) in [5.74, 6) is 1.48. The van der Waals surface area contributed by atoms with Crippen molar-refractivity contribution in [3.05, 3.63) is 0 Å². The van der Waals surface area contributed by atoms with Gasteiger partial charge in [0.25, 0.3) is 5.91 Å². The number of fused-ring (bicyclic) bond motifs is 1. The summed E-state index contributed by atoms with van der Waals surface area (Å²) in [5, 5.41) is 3.43. The van der Waals surface area contributed by atoms with E-state index >= 15 is 0 Å². The molecule has 4 fully saturated rings. The predicted molar refractivity (Wildman–Crippen MR) is 106 cm³/mol. The minimum Gasteiger partial charge on any atom is -0.368 e. The molecule has 3 aliphatic heterocycles. The van der Waals surface area contributed by atoms with Crippen LogP contribution in [0.5, 0.6) is 0 Å². The third-order valence-corrected chi connectivity index (χ3v) is 7.52. The van der Waals surface area contributed by atoms with Gasteiger partial charge in [-0.3, -0.25) is 9.59 Å². The van der Waals surface area contributed by atoms with Crippen LogP contribution >= 0.6 is 0 Å². The van der Waals surface area contributed by atoms with Crippen LogP contribution in [0.15, 0.2) is 0 Å². The number of carbonyl (C=O) groups is 2. The quantitative estimate of drug-likeness (QED) is 0.734. The first-order chi connectivity index (χ1) is 13.5. The van der Waals surface area contributed by atoms with Gasteiger partial charge < -0.3 is 25.6 Å². The standard InChI is InChI=1S/C21H36N4O3/c1-13-12-24(21(27)19-4-3-9-28-19)18-10-15(16-6-8-20(22)23-11-16)5-7-17(18)25(13)14(2)26/h13,15-20,23H,3-12,22H2,1-2H3/t13-,15?,16?,17?,18?,19?,20?/m0/s1. The fraction of sp³-hybridized carbons (Fsp3) is 0.905. The van der Waals surface area contributed by atoms with Gasteiger partial charge in [0.05, 0.1) is 18.2 Å². The normalized spacial score (nSPS) is 41.6. The lowest BCUT2D eigenvalue weighted by atomic mass is 9.71. The number of nitrogens with zero attached hydrogens (tertiary/aromatic N) is 2. The fourth-order valence-electron chi connectivity index (χ4n) is 6.14. The molecule has 0 aromatic carbocycles. The molecule has 158 valence electrons. The van der Waals surface area contributed by atoms with Gasteiger partial charge in [-0.1, -0.05) is 0 Å². The van der Waals surface area contributed by atoms with E-state index in [1.807, 2.05) is 0 Å². The van der Waals surface area contributed by atoms with Crippen LogP contribution < -0.4 is 11.1 Å². The average molecular weight is 393 g/mol. The first-order valence-corrected chi connectivity index (χ1v) is 11.2. The van der Waals surface area contributed by atoms with Gasteiger partial charge >= 0.3 is 0 Å². The van der Waals surface area contributed by atoms with E-state index in [9.17, 15) is 9.59 Å². The van der Waals surface area contributed by atoms with E-state index in [0.717, 1.165) is 51.5 Å². The summed E-state index contributed by atoms with van der Waals surface area (Å²) in [5.41, 5.74) is 6.01. The Bertz CT molecular complexity index is 586. The molecular weight excluding hydrogens is 356 g/mol. The van der Waals surface area contributed by atoms with Gasteiger partial charge in [0.2, 0.25) is 5.91 Å². The summed E-state index contributed by atoms with van der Waals surface area (Å²) in [6.07, 6.45) is 6.89. The Morgan fingerprint density at radius 1 is 1.07 bits per heavy atom. The molecule has 0 aromatic heterocycles. The molecule has 0 bridgehead atoms. The summed E-state index contributed by atoms with van der Waals surface area (Å²) in [4.78, 5) is 29.8. The van der Waals surface area contributed by atoms with Gasteiger partial charge in [0.1, 0.15) is 6.10 Å². The molecule has 7 heteroatoms. The first kappa shape index (κ1) is 20.1. The lowest BCUT2D eigenvalue weighted by molar-refractivity contribution is -0.160. The Balaban J connectivity index is 1.53. The van der Waals surface area contributed by atoms with E-state index in [1.54, 1.807) is 6.92 Å². The van der Waals surface area contributed by atoms with Gasteiger partial charge in [-0.25, -0.2) is 0 Å². The van der Waals surface area contributed by atoms with E-state index in [4.69, 9.17) is 10.5 Å². The van der Waals surface area contributed by atoms with Crippen LogP contribution in [0, 0.1) is 11.8 Å². The minimum absolute atomic E-state index is 0.0648. The Hall–Kier alpha value is -1.18. The molecule has 6 unspecified atom stereocenters. The molecule has 0 radical (unpaired) electrons. The van der Waals surface area contributed by atoms with Crippen molar-refractivity contribution in [2.24, 2.45) is 17.6 Å². The molecule has 7 atom stereocenters. The van der Waals surface area contributed by atoms with Crippen molar-refractivity contribution in [2.45, 2.75) is 89.2 Å². The van der Waals surface area contributed by atoms with Gasteiger partial charge in [0.15, 0.2) is 0 Å². The second kappa shape index (κ2) is 8.28. The van der Waals surface area contributed by atoms with E-state index < -0.39 is 0 Å².